The van der Waals surface area contributed by atoms with E-state index in [0.29, 0.717) is 6.10 Å². The first-order valence-electron chi connectivity index (χ1n) is 5.51. The van der Waals surface area contributed by atoms with Crippen molar-refractivity contribution < 1.29 is 4.74 Å². The van der Waals surface area contributed by atoms with E-state index in [-0.39, 0.29) is 0 Å². The van der Waals surface area contributed by atoms with Crippen LogP contribution in [0.3, 0.4) is 0 Å². The fourth-order valence-electron chi connectivity index (χ4n) is 2.11. The van der Waals surface area contributed by atoms with Crippen molar-refractivity contribution in [3.63, 3.8) is 0 Å². The molecule has 2 heterocycles. The number of hydrogen-bond donors (Lipinski definition) is 1. The Morgan fingerprint density at radius 2 is 2.25 bits per heavy atom. The Morgan fingerprint density at radius 1 is 1.44 bits per heavy atom. The van der Waals surface area contributed by atoms with Gasteiger partial charge in [-0.3, -0.25) is 10.00 Å². The van der Waals surface area contributed by atoms with E-state index in [9.17, 15) is 0 Å². The van der Waals surface area contributed by atoms with Gasteiger partial charge in [-0.05, 0) is 25.6 Å². The van der Waals surface area contributed by atoms with Gasteiger partial charge in [0.2, 0.25) is 0 Å². The van der Waals surface area contributed by atoms with E-state index in [4.69, 9.17) is 4.74 Å². The van der Waals surface area contributed by atoms with Crippen molar-refractivity contribution in [2.24, 2.45) is 0 Å². The molecule has 1 aliphatic heterocycles. The highest BCUT2D eigenvalue weighted by atomic mass is 16.5. The lowest BCUT2D eigenvalue weighted by molar-refractivity contribution is 0.0384. The highest BCUT2D eigenvalue weighted by molar-refractivity contribution is 5.80. The van der Waals surface area contributed by atoms with E-state index in [0.717, 1.165) is 29.7 Å². The number of H-pyrrole nitrogens is 1. The van der Waals surface area contributed by atoms with Gasteiger partial charge >= 0.3 is 0 Å². The normalized spacial score (nSPS) is 17.6. The largest absolute Gasteiger partial charge is 0.487 e. The Labute approximate surface area is 94.2 Å². The summed E-state index contributed by atoms with van der Waals surface area (Å²) in [5.74, 6) is 0.967. The van der Waals surface area contributed by atoms with Crippen molar-refractivity contribution in [3.05, 3.63) is 23.9 Å². The van der Waals surface area contributed by atoms with Gasteiger partial charge in [-0.15, -0.1) is 0 Å². The number of nitrogens with one attached hydrogen (secondary N) is 1. The van der Waals surface area contributed by atoms with Crippen LogP contribution in [0.25, 0.3) is 10.9 Å². The first-order chi connectivity index (χ1) is 7.72. The summed E-state index contributed by atoms with van der Waals surface area (Å²) >= 11 is 0. The summed E-state index contributed by atoms with van der Waals surface area (Å²) in [6, 6.07) is 4.15. The summed E-state index contributed by atoms with van der Waals surface area (Å²) in [5, 5.41) is 8.12. The monoisotopic (exact) mass is 217 g/mol. The van der Waals surface area contributed by atoms with Crippen molar-refractivity contribution >= 4 is 10.9 Å². The quantitative estimate of drug-likeness (QED) is 0.830. The molecule has 84 valence electrons. The zero-order valence-electron chi connectivity index (χ0n) is 9.53. The predicted octanol–water partition coefficient (Wildman–Crippen LogP) is 1.56. The molecule has 0 aliphatic carbocycles. The summed E-state index contributed by atoms with van der Waals surface area (Å²) in [5.41, 5.74) is 2.21. The third kappa shape index (κ3) is 1.55. The second-order valence-electron chi connectivity index (χ2n) is 4.54. The molecule has 1 saturated heterocycles. The number of fused-ring (bicyclic) bond motifs is 1. The van der Waals surface area contributed by atoms with Crippen LogP contribution in [0.15, 0.2) is 18.3 Å². The molecule has 0 atom stereocenters. The van der Waals surface area contributed by atoms with Gasteiger partial charge in [0.25, 0.3) is 0 Å². The van der Waals surface area contributed by atoms with Crippen LogP contribution in [-0.2, 0) is 0 Å². The number of likely N-dealkylation sites (N-methyl/N-ethyl adjacent to an activating group) is 1. The van der Waals surface area contributed by atoms with Gasteiger partial charge in [0.1, 0.15) is 11.9 Å². The van der Waals surface area contributed by atoms with Gasteiger partial charge in [-0.1, -0.05) is 0 Å². The highest BCUT2D eigenvalue weighted by Gasteiger charge is 2.25. The van der Waals surface area contributed by atoms with Crippen LogP contribution in [0.5, 0.6) is 5.75 Å². The van der Waals surface area contributed by atoms with Crippen molar-refractivity contribution in [3.8, 4) is 5.75 Å². The molecule has 4 nitrogen and oxygen atoms in total. The predicted molar refractivity (Wildman–Crippen MR) is 62.7 cm³/mol. The van der Waals surface area contributed by atoms with Gasteiger partial charge in [-0.25, -0.2) is 0 Å². The summed E-state index contributed by atoms with van der Waals surface area (Å²) in [7, 11) is 2.10. The van der Waals surface area contributed by atoms with Crippen LogP contribution in [0.4, 0.5) is 0 Å². The maximum atomic E-state index is 5.94. The zero-order chi connectivity index (χ0) is 11.1. The average molecular weight is 217 g/mol. The minimum absolute atomic E-state index is 0.337. The van der Waals surface area contributed by atoms with Crippen molar-refractivity contribution in [1.82, 2.24) is 15.1 Å². The summed E-state index contributed by atoms with van der Waals surface area (Å²) in [4.78, 5) is 2.24. The molecule has 0 amide bonds. The zero-order valence-corrected chi connectivity index (χ0v) is 9.53. The van der Waals surface area contributed by atoms with Crippen LogP contribution >= 0.6 is 0 Å². The third-order valence-electron chi connectivity index (χ3n) is 3.06. The second kappa shape index (κ2) is 3.49. The number of nitrogens with zero attached hydrogens (tertiary/aromatic N) is 2. The van der Waals surface area contributed by atoms with Crippen LogP contribution < -0.4 is 4.74 Å². The van der Waals surface area contributed by atoms with E-state index in [1.54, 1.807) is 0 Å². The Balaban J connectivity index is 1.87. The van der Waals surface area contributed by atoms with E-state index in [1.165, 1.54) is 5.56 Å². The maximum Gasteiger partial charge on any atom is 0.124 e. The number of aromatic amines is 1. The third-order valence-corrected chi connectivity index (χ3v) is 3.06. The van der Waals surface area contributed by atoms with Gasteiger partial charge < -0.3 is 4.74 Å². The molecule has 4 heteroatoms. The number of rotatable bonds is 2. The standard InChI is InChI=1S/C12H15N3O/c1-8-3-9-5-13-14-11(9)4-12(8)16-10-6-15(2)7-10/h3-5,10H,6-7H2,1-2H3,(H,13,14). The van der Waals surface area contributed by atoms with E-state index < -0.39 is 0 Å². The van der Waals surface area contributed by atoms with Crippen molar-refractivity contribution in [2.75, 3.05) is 20.1 Å². The fourth-order valence-corrected chi connectivity index (χ4v) is 2.11. The summed E-state index contributed by atoms with van der Waals surface area (Å²) < 4.78 is 5.94. The number of likely N-dealkylation sites (tertiary alicyclic amines) is 1. The molecule has 0 saturated carbocycles. The second-order valence-corrected chi connectivity index (χ2v) is 4.54. The molecule has 1 aromatic heterocycles. The molecular formula is C12H15N3O. The van der Waals surface area contributed by atoms with Crippen molar-refractivity contribution in [1.29, 1.82) is 0 Å². The molecule has 3 rings (SSSR count). The fraction of sp³-hybridized carbons (Fsp3) is 0.417. The first kappa shape index (κ1) is 9.66. The van der Waals surface area contributed by atoms with Gasteiger partial charge in [0.05, 0.1) is 11.7 Å². The van der Waals surface area contributed by atoms with Crippen LogP contribution in [-0.4, -0.2) is 41.3 Å². The molecule has 1 aliphatic rings. The lowest BCUT2D eigenvalue weighted by atomic mass is 10.1. The number of hydrogen-bond acceptors (Lipinski definition) is 3. The molecule has 2 aromatic rings. The Kier molecular flexibility index (Phi) is 2.11. The number of aryl methyl sites for hydroxylation is 1. The Hall–Kier alpha value is -1.55. The Morgan fingerprint density at radius 3 is 3.00 bits per heavy atom. The topological polar surface area (TPSA) is 41.1 Å². The minimum atomic E-state index is 0.337. The van der Waals surface area contributed by atoms with Crippen LogP contribution in [0.1, 0.15) is 5.56 Å². The highest BCUT2D eigenvalue weighted by Crippen LogP contribution is 2.26. The van der Waals surface area contributed by atoms with Gasteiger partial charge in [0.15, 0.2) is 0 Å². The SMILES string of the molecule is Cc1cc2cn[nH]c2cc1OC1CN(C)C1. The molecule has 0 unspecified atom stereocenters. The molecule has 16 heavy (non-hydrogen) atoms. The van der Waals surface area contributed by atoms with E-state index in [1.807, 2.05) is 12.3 Å². The molecule has 1 aromatic carbocycles. The molecule has 0 bridgehead atoms. The maximum absolute atomic E-state index is 5.94. The lowest BCUT2D eigenvalue weighted by Crippen LogP contribution is -2.51. The van der Waals surface area contributed by atoms with Crippen LogP contribution in [0, 0.1) is 6.92 Å². The van der Waals surface area contributed by atoms with Crippen molar-refractivity contribution in [2.45, 2.75) is 13.0 Å². The van der Waals surface area contributed by atoms with Gasteiger partial charge in [0, 0.05) is 24.5 Å². The average Bonchev–Trinajstić information content (AvgIpc) is 2.63. The molecule has 1 fully saturated rings. The summed E-state index contributed by atoms with van der Waals surface area (Å²) in [6.45, 7) is 4.10. The lowest BCUT2D eigenvalue weighted by Gasteiger charge is -2.36. The first-order valence-corrected chi connectivity index (χ1v) is 5.51. The molecular weight excluding hydrogens is 202 g/mol. The minimum Gasteiger partial charge on any atom is -0.487 e. The van der Waals surface area contributed by atoms with E-state index >= 15 is 0 Å². The van der Waals surface area contributed by atoms with E-state index in [2.05, 4.69) is 35.1 Å². The molecule has 0 spiro atoms. The number of aromatic nitrogens is 2. The molecule has 1 N–H and O–H groups in total. The number of ether oxygens (including phenoxy) is 1. The molecule has 0 radical (unpaired) electrons. The summed E-state index contributed by atoms with van der Waals surface area (Å²) in [6.07, 6.45) is 2.17. The number of benzene rings is 1. The smallest absolute Gasteiger partial charge is 0.124 e. The Bertz CT molecular complexity index is 514. The van der Waals surface area contributed by atoms with Gasteiger partial charge in [-0.2, -0.15) is 5.10 Å². The van der Waals surface area contributed by atoms with Crippen LogP contribution in [0.2, 0.25) is 0 Å².